The molecule has 2 aliphatic heterocycles. The molecular weight excluding hydrogens is 288 g/mol. The zero-order valence-corrected chi connectivity index (χ0v) is 13.5. The van der Waals surface area contributed by atoms with Gasteiger partial charge in [-0.15, -0.1) is 0 Å². The molecule has 2 atom stereocenters. The van der Waals surface area contributed by atoms with Crippen molar-refractivity contribution in [1.29, 1.82) is 0 Å². The van der Waals surface area contributed by atoms with E-state index in [1.807, 2.05) is 29.2 Å². The summed E-state index contributed by atoms with van der Waals surface area (Å²) in [5.41, 5.74) is 2.08. The number of amides is 1. The molecule has 0 saturated carbocycles. The van der Waals surface area contributed by atoms with Crippen molar-refractivity contribution >= 4 is 16.9 Å². The van der Waals surface area contributed by atoms with Crippen LogP contribution in [-0.4, -0.2) is 57.9 Å². The van der Waals surface area contributed by atoms with Crippen LogP contribution in [0.3, 0.4) is 0 Å². The minimum Gasteiger partial charge on any atom is -0.333 e. The van der Waals surface area contributed by atoms with Crippen molar-refractivity contribution in [1.82, 2.24) is 19.8 Å². The largest absolute Gasteiger partial charge is 0.333 e. The van der Waals surface area contributed by atoms with Crippen LogP contribution in [0.1, 0.15) is 36.2 Å². The van der Waals surface area contributed by atoms with E-state index in [0.29, 0.717) is 17.8 Å². The van der Waals surface area contributed by atoms with E-state index in [0.717, 1.165) is 37.0 Å². The lowest BCUT2D eigenvalue weighted by Gasteiger charge is -2.33. The molecule has 3 heterocycles. The van der Waals surface area contributed by atoms with Gasteiger partial charge in [-0.1, -0.05) is 12.1 Å². The van der Waals surface area contributed by atoms with Gasteiger partial charge in [0.1, 0.15) is 5.69 Å². The Kier molecular flexibility index (Phi) is 3.73. The fraction of sp³-hybridized carbons (Fsp3) is 0.500. The Balaban J connectivity index is 1.61. The maximum atomic E-state index is 13.0. The summed E-state index contributed by atoms with van der Waals surface area (Å²) in [6.07, 6.45) is 6.23. The summed E-state index contributed by atoms with van der Waals surface area (Å²) in [4.78, 5) is 26.3. The van der Waals surface area contributed by atoms with Crippen molar-refractivity contribution in [3.8, 4) is 0 Å². The number of benzene rings is 1. The van der Waals surface area contributed by atoms with Gasteiger partial charge < -0.3 is 9.80 Å². The molecule has 5 heteroatoms. The number of carbonyl (C=O) groups excluding carboxylic acids is 1. The van der Waals surface area contributed by atoms with Gasteiger partial charge in [-0.05, 0) is 51.4 Å². The average molecular weight is 310 g/mol. The predicted octanol–water partition coefficient (Wildman–Crippen LogP) is 2.33. The molecule has 23 heavy (non-hydrogen) atoms. The molecule has 2 fully saturated rings. The summed E-state index contributed by atoms with van der Waals surface area (Å²) in [6, 6.07) is 8.51. The normalized spacial score (nSPS) is 25.3. The summed E-state index contributed by atoms with van der Waals surface area (Å²) in [7, 11) is 2.18. The highest BCUT2D eigenvalue weighted by atomic mass is 16.2. The second-order valence-corrected chi connectivity index (χ2v) is 6.64. The molecule has 2 aromatic rings. The van der Waals surface area contributed by atoms with Crippen LogP contribution in [-0.2, 0) is 0 Å². The minimum atomic E-state index is 0.0334. The van der Waals surface area contributed by atoms with Crippen molar-refractivity contribution in [2.24, 2.45) is 0 Å². The molecule has 1 amide bonds. The van der Waals surface area contributed by atoms with E-state index < -0.39 is 0 Å². The van der Waals surface area contributed by atoms with E-state index in [1.54, 1.807) is 6.20 Å². The average Bonchev–Trinajstić information content (AvgIpc) is 3.22. The third kappa shape index (κ3) is 2.59. The molecule has 0 bridgehead atoms. The Hall–Kier alpha value is -2.01. The second kappa shape index (κ2) is 5.89. The van der Waals surface area contributed by atoms with Gasteiger partial charge in [0.25, 0.3) is 5.91 Å². The van der Waals surface area contributed by atoms with Crippen molar-refractivity contribution in [2.75, 3.05) is 20.1 Å². The maximum absolute atomic E-state index is 13.0. The number of fused-ring (bicyclic) bond motifs is 1. The lowest BCUT2D eigenvalue weighted by molar-refractivity contribution is 0.0658. The molecule has 5 nitrogen and oxygen atoms in total. The molecule has 0 aliphatic carbocycles. The number of hydrogen-bond donors (Lipinski definition) is 0. The van der Waals surface area contributed by atoms with Crippen molar-refractivity contribution in [2.45, 2.75) is 37.8 Å². The van der Waals surface area contributed by atoms with Crippen LogP contribution in [0.25, 0.3) is 11.0 Å². The van der Waals surface area contributed by atoms with Gasteiger partial charge in [-0.2, -0.15) is 0 Å². The number of carbonyl (C=O) groups is 1. The lowest BCUT2D eigenvalue weighted by Crippen LogP contribution is -2.47. The van der Waals surface area contributed by atoms with E-state index in [9.17, 15) is 4.79 Å². The van der Waals surface area contributed by atoms with Crippen LogP contribution in [0.5, 0.6) is 0 Å². The van der Waals surface area contributed by atoms with Gasteiger partial charge in [-0.25, -0.2) is 4.98 Å². The Morgan fingerprint density at radius 1 is 1.09 bits per heavy atom. The number of rotatable bonds is 2. The first kappa shape index (κ1) is 14.6. The summed E-state index contributed by atoms with van der Waals surface area (Å²) in [5, 5.41) is 0. The first-order valence-corrected chi connectivity index (χ1v) is 8.47. The molecule has 2 aliphatic rings. The van der Waals surface area contributed by atoms with Crippen molar-refractivity contribution in [3.05, 3.63) is 36.2 Å². The predicted molar refractivity (Wildman–Crippen MR) is 89.2 cm³/mol. The topological polar surface area (TPSA) is 49.3 Å². The molecule has 0 radical (unpaired) electrons. The van der Waals surface area contributed by atoms with E-state index in [-0.39, 0.29) is 5.91 Å². The van der Waals surface area contributed by atoms with E-state index >= 15 is 0 Å². The molecule has 1 aromatic heterocycles. The first-order chi connectivity index (χ1) is 11.2. The zero-order chi connectivity index (χ0) is 15.8. The highest BCUT2D eigenvalue weighted by molar-refractivity contribution is 5.94. The quantitative estimate of drug-likeness (QED) is 0.854. The Morgan fingerprint density at radius 3 is 2.61 bits per heavy atom. The van der Waals surface area contributed by atoms with E-state index in [2.05, 4.69) is 21.9 Å². The summed E-state index contributed by atoms with van der Waals surface area (Å²) in [5.74, 6) is 0.0334. The number of aromatic nitrogens is 2. The summed E-state index contributed by atoms with van der Waals surface area (Å²) in [6.45, 7) is 1.97. The highest BCUT2D eigenvalue weighted by Gasteiger charge is 2.39. The number of likely N-dealkylation sites (tertiary alicyclic amines) is 2. The van der Waals surface area contributed by atoms with Crippen LogP contribution in [0.4, 0.5) is 0 Å². The van der Waals surface area contributed by atoms with Gasteiger partial charge in [0.15, 0.2) is 0 Å². The molecule has 0 spiro atoms. The van der Waals surface area contributed by atoms with E-state index in [1.165, 1.54) is 12.8 Å². The fourth-order valence-corrected chi connectivity index (χ4v) is 4.07. The standard InChI is InChI=1S/C18H22N4O/c1-21-10-4-8-16(21)17-9-5-11-22(17)18(23)15-12-19-13-6-2-3-7-14(13)20-15/h2-3,6-7,12,16-17H,4-5,8-11H2,1H3/t16-,17-/m0/s1. The third-order valence-corrected chi connectivity index (χ3v) is 5.25. The summed E-state index contributed by atoms with van der Waals surface area (Å²) < 4.78 is 0. The number of para-hydroxylation sites is 2. The van der Waals surface area contributed by atoms with Gasteiger partial charge in [0.05, 0.1) is 17.2 Å². The lowest BCUT2D eigenvalue weighted by atomic mass is 10.0. The Morgan fingerprint density at radius 2 is 1.83 bits per heavy atom. The van der Waals surface area contributed by atoms with E-state index in [4.69, 9.17) is 0 Å². The zero-order valence-electron chi connectivity index (χ0n) is 13.5. The summed E-state index contributed by atoms with van der Waals surface area (Å²) >= 11 is 0. The molecule has 0 unspecified atom stereocenters. The molecule has 4 rings (SSSR count). The number of nitrogens with zero attached hydrogens (tertiary/aromatic N) is 4. The van der Waals surface area contributed by atoms with Crippen molar-refractivity contribution < 1.29 is 4.79 Å². The molecule has 120 valence electrons. The van der Waals surface area contributed by atoms with Gasteiger partial charge in [0.2, 0.25) is 0 Å². The molecular formula is C18H22N4O. The molecule has 0 N–H and O–H groups in total. The van der Waals surface area contributed by atoms with Crippen molar-refractivity contribution in [3.63, 3.8) is 0 Å². The highest BCUT2D eigenvalue weighted by Crippen LogP contribution is 2.30. The Bertz CT molecular complexity index is 732. The SMILES string of the molecule is CN1CCC[C@H]1[C@@H]1CCCN1C(=O)c1cnc2ccccc2n1. The maximum Gasteiger partial charge on any atom is 0.274 e. The van der Waals surface area contributed by atoms with Crippen LogP contribution in [0, 0.1) is 0 Å². The van der Waals surface area contributed by atoms with Crippen LogP contribution >= 0.6 is 0 Å². The van der Waals surface area contributed by atoms with Gasteiger partial charge >= 0.3 is 0 Å². The van der Waals surface area contributed by atoms with Crippen LogP contribution in [0.15, 0.2) is 30.5 Å². The second-order valence-electron chi connectivity index (χ2n) is 6.64. The number of hydrogen-bond acceptors (Lipinski definition) is 4. The Labute approximate surface area is 136 Å². The van der Waals surface area contributed by atoms with Gasteiger partial charge in [-0.3, -0.25) is 9.78 Å². The van der Waals surface area contributed by atoms with Gasteiger partial charge in [0, 0.05) is 18.6 Å². The molecule has 2 saturated heterocycles. The molecule has 1 aromatic carbocycles. The number of likely N-dealkylation sites (N-methyl/N-ethyl adjacent to an activating group) is 1. The monoisotopic (exact) mass is 310 g/mol. The first-order valence-electron chi connectivity index (χ1n) is 8.47. The fourth-order valence-electron chi connectivity index (χ4n) is 4.07. The third-order valence-electron chi connectivity index (χ3n) is 5.25. The minimum absolute atomic E-state index is 0.0334. The van der Waals surface area contributed by atoms with Crippen LogP contribution in [0.2, 0.25) is 0 Å². The van der Waals surface area contributed by atoms with Crippen LogP contribution < -0.4 is 0 Å². The smallest absolute Gasteiger partial charge is 0.274 e.